The molecular weight excluding hydrogens is 246 g/mol. The average Bonchev–Trinajstić information content (AvgIpc) is 2.76. The summed E-state index contributed by atoms with van der Waals surface area (Å²) in [6, 6.07) is 6.43. The molecule has 0 amide bonds. The lowest BCUT2D eigenvalue weighted by Gasteiger charge is -2.20. The van der Waals surface area contributed by atoms with Crippen LogP contribution in [0.2, 0.25) is 0 Å². The summed E-state index contributed by atoms with van der Waals surface area (Å²) >= 11 is 1.46. The van der Waals surface area contributed by atoms with E-state index >= 15 is 0 Å². The van der Waals surface area contributed by atoms with Gasteiger partial charge in [0.25, 0.3) is 0 Å². The number of nitrogens with two attached hydrogens (primary N) is 1. The van der Waals surface area contributed by atoms with Crippen molar-refractivity contribution in [3.63, 3.8) is 0 Å². The van der Waals surface area contributed by atoms with Gasteiger partial charge in [0.05, 0.1) is 6.54 Å². The van der Waals surface area contributed by atoms with Crippen LogP contribution in [0.15, 0.2) is 18.2 Å². The van der Waals surface area contributed by atoms with Gasteiger partial charge in [-0.2, -0.15) is 0 Å². The third-order valence-electron chi connectivity index (χ3n) is 2.73. The van der Waals surface area contributed by atoms with Crippen molar-refractivity contribution in [3.8, 4) is 0 Å². The van der Waals surface area contributed by atoms with Crippen LogP contribution >= 0.6 is 11.3 Å². The summed E-state index contributed by atoms with van der Waals surface area (Å²) < 4.78 is 0. The van der Waals surface area contributed by atoms with E-state index in [1.54, 1.807) is 0 Å². The molecule has 0 radical (unpaired) electrons. The Morgan fingerprint density at radius 3 is 2.72 bits per heavy atom. The van der Waals surface area contributed by atoms with E-state index in [9.17, 15) is 0 Å². The summed E-state index contributed by atoms with van der Waals surface area (Å²) in [7, 11) is 2.05. The SMILES string of the molecule is Cc1ccc(N(C)Cc2nnc(NN)s2)c(C)c1. The smallest absolute Gasteiger partial charge is 0.219 e. The quantitative estimate of drug-likeness (QED) is 0.653. The number of benzene rings is 1. The topological polar surface area (TPSA) is 67.1 Å². The van der Waals surface area contributed by atoms with Gasteiger partial charge in [-0.15, -0.1) is 10.2 Å². The third-order valence-corrected chi connectivity index (χ3v) is 3.57. The number of nitrogens with one attached hydrogen (secondary N) is 1. The van der Waals surface area contributed by atoms with Crippen LogP contribution in [0.1, 0.15) is 16.1 Å². The van der Waals surface area contributed by atoms with Gasteiger partial charge in [-0.1, -0.05) is 29.0 Å². The highest BCUT2D eigenvalue weighted by atomic mass is 32.1. The predicted molar refractivity (Wildman–Crippen MR) is 75.7 cm³/mol. The van der Waals surface area contributed by atoms with E-state index in [2.05, 4.69) is 59.6 Å². The lowest BCUT2D eigenvalue weighted by molar-refractivity contribution is 0.876. The number of rotatable bonds is 4. The van der Waals surface area contributed by atoms with Crippen LogP contribution in [0.25, 0.3) is 0 Å². The van der Waals surface area contributed by atoms with Crippen LogP contribution in [-0.2, 0) is 6.54 Å². The third kappa shape index (κ3) is 2.77. The average molecular weight is 263 g/mol. The summed E-state index contributed by atoms with van der Waals surface area (Å²) in [6.07, 6.45) is 0. The molecule has 0 bridgehead atoms. The highest BCUT2D eigenvalue weighted by Gasteiger charge is 2.09. The van der Waals surface area contributed by atoms with Gasteiger partial charge in [-0.05, 0) is 25.5 Å². The van der Waals surface area contributed by atoms with Gasteiger partial charge in [0.1, 0.15) is 5.01 Å². The van der Waals surface area contributed by atoms with E-state index in [1.807, 2.05) is 0 Å². The van der Waals surface area contributed by atoms with Crippen LogP contribution in [0, 0.1) is 13.8 Å². The van der Waals surface area contributed by atoms with Gasteiger partial charge < -0.3 is 4.90 Å². The molecule has 1 aromatic heterocycles. The van der Waals surface area contributed by atoms with Gasteiger partial charge in [0.2, 0.25) is 5.13 Å². The van der Waals surface area contributed by atoms with Crippen LogP contribution in [0.3, 0.4) is 0 Å². The number of anilines is 2. The highest BCUT2D eigenvalue weighted by Crippen LogP contribution is 2.23. The minimum absolute atomic E-state index is 0.638. The van der Waals surface area contributed by atoms with E-state index in [0.717, 1.165) is 11.6 Å². The highest BCUT2D eigenvalue weighted by molar-refractivity contribution is 7.15. The first-order valence-corrected chi connectivity index (χ1v) is 6.49. The minimum Gasteiger partial charge on any atom is -0.368 e. The number of hydrogen-bond donors (Lipinski definition) is 2. The fourth-order valence-corrected chi connectivity index (χ4v) is 2.60. The second-order valence-corrected chi connectivity index (χ2v) is 5.35. The molecule has 0 saturated carbocycles. The number of aromatic nitrogens is 2. The lowest BCUT2D eigenvalue weighted by atomic mass is 10.1. The largest absolute Gasteiger partial charge is 0.368 e. The molecule has 96 valence electrons. The zero-order valence-electron chi connectivity index (χ0n) is 10.8. The lowest BCUT2D eigenvalue weighted by Crippen LogP contribution is -2.17. The Hall–Kier alpha value is -1.66. The van der Waals surface area contributed by atoms with E-state index in [1.165, 1.54) is 28.2 Å². The molecule has 0 saturated heterocycles. The van der Waals surface area contributed by atoms with E-state index in [-0.39, 0.29) is 0 Å². The first-order valence-electron chi connectivity index (χ1n) is 5.67. The molecule has 0 atom stereocenters. The van der Waals surface area contributed by atoms with Gasteiger partial charge >= 0.3 is 0 Å². The van der Waals surface area contributed by atoms with Gasteiger partial charge in [-0.25, -0.2) is 5.84 Å². The van der Waals surface area contributed by atoms with Crippen molar-refractivity contribution >= 4 is 22.2 Å². The number of hydrazine groups is 1. The molecule has 6 heteroatoms. The maximum atomic E-state index is 5.29. The first kappa shape index (κ1) is 12.8. The van der Waals surface area contributed by atoms with Crippen molar-refractivity contribution in [2.24, 2.45) is 5.84 Å². The van der Waals surface area contributed by atoms with Crippen molar-refractivity contribution < 1.29 is 0 Å². The van der Waals surface area contributed by atoms with Gasteiger partial charge in [0, 0.05) is 12.7 Å². The Labute approximate surface area is 111 Å². The van der Waals surface area contributed by atoms with Crippen molar-refractivity contribution in [2.45, 2.75) is 20.4 Å². The summed E-state index contributed by atoms with van der Waals surface area (Å²) in [5.41, 5.74) is 6.25. The van der Waals surface area contributed by atoms with Crippen molar-refractivity contribution in [3.05, 3.63) is 34.3 Å². The molecule has 18 heavy (non-hydrogen) atoms. The molecule has 1 heterocycles. The maximum Gasteiger partial charge on any atom is 0.219 e. The summed E-state index contributed by atoms with van der Waals surface area (Å²) in [5, 5.41) is 9.58. The summed E-state index contributed by atoms with van der Waals surface area (Å²) in [4.78, 5) is 2.16. The molecule has 2 aromatic rings. The zero-order valence-corrected chi connectivity index (χ0v) is 11.6. The molecule has 0 fully saturated rings. The van der Waals surface area contributed by atoms with Crippen LogP contribution < -0.4 is 16.2 Å². The minimum atomic E-state index is 0.638. The number of nitrogens with zero attached hydrogens (tertiary/aromatic N) is 3. The van der Waals surface area contributed by atoms with Gasteiger partial charge in [-0.3, -0.25) is 5.43 Å². The molecule has 0 spiro atoms. The zero-order chi connectivity index (χ0) is 13.1. The van der Waals surface area contributed by atoms with E-state index in [0.29, 0.717) is 5.13 Å². The normalized spacial score (nSPS) is 10.4. The Kier molecular flexibility index (Phi) is 3.78. The van der Waals surface area contributed by atoms with Crippen LogP contribution in [0.4, 0.5) is 10.8 Å². The fourth-order valence-electron chi connectivity index (χ4n) is 1.90. The van der Waals surface area contributed by atoms with Gasteiger partial charge in [0.15, 0.2) is 0 Å². The molecule has 0 aliphatic rings. The molecule has 1 aromatic carbocycles. The number of hydrogen-bond acceptors (Lipinski definition) is 6. The molecule has 0 aliphatic heterocycles. The Morgan fingerprint density at radius 2 is 2.11 bits per heavy atom. The standard InChI is InChI=1S/C12H17N5S/c1-8-4-5-10(9(2)6-8)17(3)7-11-15-16-12(14-13)18-11/h4-6H,7,13H2,1-3H3,(H,14,16). The number of nitrogen functional groups attached to an aromatic ring is 1. The van der Waals surface area contributed by atoms with E-state index < -0.39 is 0 Å². The van der Waals surface area contributed by atoms with Crippen LogP contribution in [-0.4, -0.2) is 17.2 Å². The van der Waals surface area contributed by atoms with Crippen molar-refractivity contribution in [2.75, 3.05) is 17.4 Å². The number of aryl methyl sites for hydroxylation is 2. The maximum absolute atomic E-state index is 5.29. The predicted octanol–water partition coefficient (Wildman–Crippen LogP) is 2.08. The molecule has 0 aliphatic carbocycles. The molecule has 0 unspecified atom stereocenters. The molecule has 2 rings (SSSR count). The second kappa shape index (κ2) is 5.32. The van der Waals surface area contributed by atoms with Crippen molar-refractivity contribution in [1.82, 2.24) is 10.2 Å². The Morgan fingerprint density at radius 1 is 1.33 bits per heavy atom. The molecule has 5 nitrogen and oxygen atoms in total. The molecular formula is C12H17N5S. The fraction of sp³-hybridized carbons (Fsp3) is 0.333. The van der Waals surface area contributed by atoms with E-state index in [4.69, 9.17) is 5.84 Å². The monoisotopic (exact) mass is 263 g/mol. The Bertz CT molecular complexity index is 537. The van der Waals surface area contributed by atoms with Crippen molar-refractivity contribution in [1.29, 1.82) is 0 Å². The Balaban J connectivity index is 2.13. The second-order valence-electron chi connectivity index (χ2n) is 4.29. The molecule has 3 N–H and O–H groups in total. The van der Waals surface area contributed by atoms with Crippen LogP contribution in [0.5, 0.6) is 0 Å². The first-order chi connectivity index (χ1) is 8.60. The summed E-state index contributed by atoms with van der Waals surface area (Å²) in [5.74, 6) is 5.29. The summed E-state index contributed by atoms with van der Waals surface area (Å²) in [6.45, 7) is 4.94.